The third kappa shape index (κ3) is 3.80. The van der Waals surface area contributed by atoms with Gasteiger partial charge >= 0.3 is 0 Å². The summed E-state index contributed by atoms with van der Waals surface area (Å²) in [5, 5.41) is 3.39. The highest BCUT2D eigenvalue weighted by molar-refractivity contribution is 6.32. The number of carbonyl (C=O) groups is 1. The van der Waals surface area contributed by atoms with Crippen molar-refractivity contribution >= 4 is 23.2 Å². The Morgan fingerprint density at radius 1 is 1.23 bits per heavy atom. The lowest BCUT2D eigenvalue weighted by atomic mass is 10.0. The predicted molar refractivity (Wildman–Crippen MR) is 91.1 cm³/mol. The predicted octanol–water partition coefficient (Wildman–Crippen LogP) is 5.11. The number of rotatable bonds is 5. The van der Waals surface area contributed by atoms with Crippen LogP contribution in [0.4, 0.5) is 5.69 Å². The molecule has 0 unspecified atom stereocenters. The molecule has 0 saturated carbocycles. The minimum atomic E-state index is -0.182. The van der Waals surface area contributed by atoms with Crippen LogP contribution in [-0.4, -0.2) is 12.5 Å². The van der Waals surface area contributed by atoms with E-state index in [0.717, 1.165) is 11.3 Å². The van der Waals surface area contributed by atoms with Crippen LogP contribution >= 0.6 is 11.6 Å². The molecule has 0 aliphatic rings. The minimum Gasteiger partial charge on any atom is -0.492 e. The summed E-state index contributed by atoms with van der Waals surface area (Å²) in [6, 6.07) is 12.9. The Morgan fingerprint density at radius 2 is 1.95 bits per heavy atom. The van der Waals surface area contributed by atoms with Crippen molar-refractivity contribution < 1.29 is 9.53 Å². The SMILES string of the molecule is CCOc1ccc(C(=O)Nc2ccccc2C(C)C)cc1Cl. The highest BCUT2D eigenvalue weighted by Crippen LogP contribution is 2.27. The van der Waals surface area contributed by atoms with Gasteiger partial charge in [-0.15, -0.1) is 0 Å². The topological polar surface area (TPSA) is 38.3 Å². The van der Waals surface area contributed by atoms with Crippen molar-refractivity contribution in [3.63, 3.8) is 0 Å². The smallest absolute Gasteiger partial charge is 0.255 e. The molecular weight excluding hydrogens is 298 g/mol. The molecule has 0 bridgehead atoms. The molecular formula is C18H20ClNO2. The fourth-order valence-electron chi connectivity index (χ4n) is 2.22. The van der Waals surface area contributed by atoms with Gasteiger partial charge in [-0.3, -0.25) is 4.79 Å². The van der Waals surface area contributed by atoms with Crippen LogP contribution in [-0.2, 0) is 0 Å². The summed E-state index contributed by atoms with van der Waals surface area (Å²) in [6.07, 6.45) is 0. The molecule has 4 heteroatoms. The average molecular weight is 318 g/mol. The number of halogens is 1. The number of hydrogen-bond donors (Lipinski definition) is 1. The third-order valence-electron chi connectivity index (χ3n) is 3.32. The summed E-state index contributed by atoms with van der Waals surface area (Å²) >= 11 is 6.13. The number of amides is 1. The molecule has 22 heavy (non-hydrogen) atoms. The van der Waals surface area contributed by atoms with Crippen LogP contribution in [0.1, 0.15) is 42.6 Å². The van der Waals surface area contributed by atoms with E-state index in [0.29, 0.717) is 28.9 Å². The number of nitrogens with one attached hydrogen (secondary N) is 1. The summed E-state index contributed by atoms with van der Waals surface area (Å²) in [5.74, 6) is 0.738. The number of para-hydroxylation sites is 1. The quantitative estimate of drug-likeness (QED) is 0.831. The monoisotopic (exact) mass is 317 g/mol. The largest absolute Gasteiger partial charge is 0.492 e. The molecule has 0 heterocycles. The van der Waals surface area contributed by atoms with E-state index in [4.69, 9.17) is 16.3 Å². The minimum absolute atomic E-state index is 0.182. The molecule has 2 aromatic carbocycles. The summed E-state index contributed by atoms with van der Waals surface area (Å²) in [5.41, 5.74) is 2.44. The number of carbonyl (C=O) groups excluding carboxylic acids is 1. The molecule has 0 aliphatic carbocycles. The van der Waals surface area contributed by atoms with Crippen molar-refractivity contribution in [2.45, 2.75) is 26.7 Å². The van der Waals surface area contributed by atoms with Crippen LogP contribution in [0.2, 0.25) is 5.02 Å². The van der Waals surface area contributed by atoms with E-state index in [-0.39, 0.29) is 5.91 Å². The number of anilines is 1. The van der Waals surface area contributed by atoms with E-state index >= 15 is 0 Å². The van der Waals surface area contributed by atoms with Crippen LogP contribution in [0.25, 0.3) is 0 Å². The molecule has 2 aromatic rings. The van der Waals surface area contributed by atoms with Gasteiger partial charge in [-0.1, -0.05) is 43.6 Å². The van der Waals surface area contributed by atoms with Gasteiger partial charge in [0.2, 0.25) is 0 Å². The molecule has 1 N–H and O–H groups in total. The van der Waals surface area contributed by atoms with E-state index in [1.165, 1.54) is 0 Å². The Hall–Kier alpha value is -2.00. The van der Waals surface area contributed by atoms with Gasteiger partial charge in [-0.25, -0.2) is 0 Å². The molecule has 0 aromatic heterocycles. The molecule has 1 amide bonds. The highest BCUT2D eigenvalue weighted by atomic mass is 35.5. The lowest BCUT2D eigenvalue weighted by Gasteiger charge is -2.14. The van der Waals surface area contributed by atoms with Crippen molar-refractivity contribution in [2.24, 2.45) is 0 Å². The first-order chi connectivity index (χ1) is 10.5. The lowest BCUT2D eigenvalue weighted by molar-refractivity contribution is 0.102. The van der Waals surface area contributed by atoms with Gasteiger partial charge in [0.25, 0.3) is 5.91 Å². The van der Waals surface area contributed by atoms with Gasteiger partial charge in [0.15, 0.2) is 0 Å². The molecule has 0 spiro atoms. The Bertz CT molecular complexity index is 668. The zero-order valence-corrected chi connectivity index (χ0v) is 13.8. The molecule has 0 aliphatic heterocycles. The maximum atomic E-state index is 12.4. The van der Waals surface area contributed by atoms with Crippen LogP contribution < -0.4 is 10.1 Å². The second kappa shape index (κ2) is 7.32. The van der Waals surface area contributed by atoms with E-state index in [2.05, 4.69) is 19.2 Å². The van der Waals surface area contributed by atoms with E-state index in [1.807, 2.05) is 31.2 Å². The second-order valence-corrected chi connectivity index (χ2v) is 5.68. The van der Waals surface area contributed by atoms with Gasteiger partial charge in [0, 0.05) is 11.3 Å². The van der Waals surface area contributed by atoms with Crippen LogP contribution in [0.3, 0.4) is 0 Å². The fourth-order valence-corrected chi connectivity index (χ4v) is 2.46. The lowest BCUT2D eigenvalue weighted by Crippen LogP contribution is -2.13. The second-order valence-electron chi connectivity index (χ2n) is 5.27. The summed E-state index contributed by atoms with van der Waals surface area (Å²) in [6.45, 7) is 6.62. The summed E-state index contributed by atoms with van der Waals surface area (Å²) < 4.78 is 5.38. The normalized spacial score (nSPS) is 10.6. The van der Waals surface area contributed by atoms with Gasteiger partial charge in [-0.2, -0.15) is 0 Å². The molecule has 2 rings (SSSR count). The molecule has 116 valence electrons. The molecule has 0 radical (unpaired) electrons. The van der Waals surface area contributed by atoms with Crippen molar-refractivity contribution in [2.75, 3.05) is 11.9 Å². The maximum Gasteiger partial charge on any atom is 0.255 e. The van der Waals surface area contributed by atoms with Crippen molar-refractivity contribution in [1.82, 2.24) is 0 Å². The first-order valence-electron chi connectivity index (χ1n) is 7.35. The van der Waals surface area contributed by atoms with E-state index in [1.54, 1.807) is 18.2 Å². The van der Waals surface area contributed by atoms with Crippen molar-refractivity contribution in [1.29, 1.82) is 0 Å². The standard InChI is InChI=1S/C18H20ClNO2/c1-4-22-17-10-9-13(11-15(17)19)18(21)20-16-8-6-5-7-14(16)12(2)3/h5-12H,4H2,1-3H3,(H,20,21). The maximum absolute atomic E-state index is 12.4. The molecule has 0 atom stereocenters. The number of benzene rings is 2. The molecule has 0 fully saturated rings. The van der Waals surface area contributed by atoms with Gasteiger partial charge in [-0.05, 0) is 42.7 Å². The summed E-state index contributed by atoms with van der Waals surface area (Å²) in [7, 11) is 0. The van der Waals surface area contributed by atoms with E-state index < -0.39 is 0 Å². The van der Waals surface area contributed by atoms with Crippen LogP contribution in [0, 0.1) is 0 Å². The Balaban J connectivity index is 2.21. The average Bonchev–Trinajstić information content (AvgIpc) is 2.49. The van der Waals surface area contributed by atoms with Gasteiger partial charge in [0.05, 0.1) is 11.6 Å². The zero-order valence-electron chi connectivity index (χ0n) is 13.0. The first-order valence-corrected chi connectivity index (χ1v) is 7.73. The zero-order chi connectivity index (χ0) is 16.1. The van der Waals surface area contributed by atoms with Crippen molar-refractivity contribution in [3.05, 3.63) is 58.6 Å². The fraction of sp³-hybridized carbons (Fsp3) is 0.278. The van der Waals surface area contributed by atoms with Crippen molar-refractivity contribution in [3.8, 4) is 5.75 Å². The van der Waals surface area contributed by atoms with E-state index in [9.17, 15) is 4.79 Å². The number of hydrogen-bond acceptors (Lipinski definition) is 2. The van der Waals surface area contributed by atoms with Gasteiger partial charge in [0.1, 0.15) is 5.75 Å². The summed E-state index contributed by atoms with van der Waals surface area (Å²) in [4.78, 5) is 12.4. The van der Waals surface area contributed by atoms with Crippen LogP contribution in [0.5, 0.6) is 5.75 Å². The Morgan fingerprint density at radius 3 is 2.59 bits per heavy atom. The molecule has 3 nitrogen and oxygen atoms in total. The Kier molecular flexibility index (Phi) is 5.45. The number of ether oxygens (including phenoxy) is 1. The highest BCUT2D eigenvalue weighted by Gasteiger charge is 2.12. The third-order valence-corrected chi connectivity index (χ3v) is 3.62. The Labute approximate surface area is 136 Å². The first kappa shape index (κ1) is 16.4. The van der Waals surface area contributed by atoms with Crippen LogP contribution in [0.15, 0.2) is 42.5 Å². The van der Waals surface area contributed by atoms with Gasteiger partial charge < -0.3 is 10.1 Å². The molecule has 0 saturated heterocycles.